The van der Waals surface area contributed by atoms with E-state index in [1.54, 1.807) is 16.8 Å². The first-order valence-electron chi connectivity index (χ1n) is 2.97. The molecule has 0 saturated carbocycles. The Hall–Kier alpha value is -0.420. The second kappa shape index (κ2) is 2.91. The summed E-state index contributed by atoms with van der Waals surface area (Å²) in [6.45, 7) is 1.33. The van der Waals surface area contributed by atoms with Crippen LogP contribution in [0, 0.1) is 0 Å². The Kier molecular flexibility index (Phi) is 2.29. The maximum absolute atomic E-state index is 12.3. The van der Waals surface area contributed by atoms with E-state index in [1.165, 1.54) is 18.3 Å². The Balaban J connectivity index is 2.97. The van der Waals surface area contributed by atoms with E-state index < -0.39 is 15.5 Å². The van der Waals surface area contributed by atoms with Gasteiger partial charge in [-0.15, -0.1) is 3.89 Å². The predicted molar refractivity (Wildman–Crippen MR) is 42.8 cm³/mol. The van der Waals surface area contributed by atoms with Crippen molar-refractivity contribution < 1.29 is 12.3 Å². The standard InChI is InChI=1S/C6H7FO2S2/c1-5(11(7,8)9)6-2-3-10-4-6/h2-5H,1H3. The zero-order chi connectivity index (χ0) is 8.48. The fraction of sp³-hybridized carbons (Fsp3) is 0.333. The van der Waals surface area contributed by atoms with Crippen molar-refractivity contribution in [3.8, 4) is 0 Å². The highest BCUT2D eigenvalue weighted by atomic mass is 32.3. The molecule has 1 unspecified atom stereocenters. The van der Waals surface area contributed by atoms with Gasteiger partial charge in [-0.3, -0.25) is 0 Å². The lowest BCUT2D eigenvalue weighted by molar-refractivity contribution is 0.540. The number of hydrogen-bond acceptors (Lipinski definition) is 3. The lowest BCUT2D eigenvalue weighted by Crippen LogP contribution is -2.01. The molecule has 0 fully saturated rings. The van der Waals surface area contributed by atoms with Gasteiger partial charge in [-0.05, 0) is 29.3 Å². The van der Waals surface area contributed by atoms with Crippen LogP contribution < -0.4 is 0 Å². The molecule has 2 nitrogen and oxygen atoms in total. The van der Waals surface area contributed by atoms with Gasteiger partial charge in [-0.1, -0.05) is 0 Å². The van der Waals surface area contributed by atoms with Gasteiger partial charge in [0.2, 0.25) is 0 Å². The zero-order valence-electron chi connectivity index (χ0n) is 5.82. The molecular weight excluding hydrogens is 187 g/mol. The summed E-state index contributed by atoms with van der Waals surface area (Å²) >= 11 is 1.35. The van der Waals surface area contributed by atoms with Crippen LogP contribution in [0.1, 0.15) is 17.7 Å². The second-order valence-corrected chi connectivity index (χ2v) is 4.61. The van der Waals surface area contributed by atoms with Gasteiger partial charge in [0, 0.05) is 0 Å². The van der Waals surface area contributed by atoms with Gasteiger partial charge in [-0.2, -0.15) is 19.8 Å². The minimum Gasteiger partial charge on any atom is -0.194 e. The van der Waals surface area contributed by atoms with E-state index in [9.17, 15) is 12.3 Å². The first kappa shape index (κ1) is 8.67. The fourth-order valence-corrected chi connectivity index (χ4v) is 1.98. The lowest BCUT2D eigenvalue weighted by atomic mass is 10.3. The van der Waals surface area contributed by atoms with Gasteiger partial charge in [0.1, 0.15) is 5.25 Å². The fourth-order valence-electron chi connectivity index (χ4n) is 0.669. The third-order valence-electron chi connectivity index (χ3n) is 1.43. The van der Waals surface area contributed by atoms with Gasteiger partial charge in [0.25, 0.3) is 0 Å². The molecule has 62 valence electrons. The first-order valence-corrected chi connectivity index (χ1v) is 5.36. The Morgan fingerprint density at radius 2 is 2.27 bits per heavy atom. The highest BCUT2D eigenvalue weighted by Gasteiger charge is 2.21. The monoisotopic (exact) mass is 194 g/mol. The molecule has 1 aromatic heterocycles. The first-order chi connectivity index (χ1) is 5.02. The molecule has 0 aliphatic carbocycles. The van der Waals surface area contributed by atoms with Gasteiger partial charge in [-0.25, -0.2) is 0 Å². The minimum atomic E-state index is -4.42. The van der Waals surface area contributed by atoms with Gasteiger partial charge in [0.15, 0.2) is 0 Å². The highest BCUT2D eigenvalue weighted by Crippen LogP contribution is 2.24. The molecule has 0 bridgehead atoms. The Labute approximate surface area is 68.9 Å². The van der Waals surface area contributed by atoms with Gasteiger partial charge >= 0.3 is 10.2 Å². The molecule has 0 saturated heterocycles. The largest absolute Gasteiger partial charge is 0.309 e. The summed E-state index contributed by atoms with van der Waals surface area (Å²) < 4.78 is 33.1. The van der Waals surface area contributed by atoms with Crippen molar-refractivity contribution in [3.63, 3.8) is 0 Å². The molecular formula is C6H7FO2S2. The molecule has 0 radical (unpaired) electrons. The van der Waals surface area contributed by atoms with Crippen molar-refractivity contribution in [2.24, 2.45) is 0 Å². The molecule has 1 rings (SSSR count). The summed E-state index contributed by atoms with van der Waals surface area (Å²) in [5.74, 6) is 0. The van der Waals surface area contributed by atoms with Crippen molar-refractivity contribution in [1.29, 1.82) is 0 Å². The predicted octanol–water partition coefficient (Wildman–Crippen LogP) is 2.11. The molecule has 1 atom stereocenters. The number of hydrogen-bond donors (Lipinski definition) is 0. The van der Waals surface area contributed by atoms with E-state index in [-0.39, 0.29) is 0 Å². The summed E-state index contributed by atoms with van der Waals surface area (Å²) in [6.07, 6.45) is 0. The highest BCUT2D eigenvalue weighted by molar-refractivity contribution is 7.86. The Bertz CT molecular complexity index is 314. The molecule has 0 amide bonds. The van der Waals surface area contributed by atoms with Crippen LogP contribution in [0.25, 0.3) is 0 Å². The van der Waals surface area contributed by atoms with Crippen LogP contribution >= 0.6 is 11.3 Å². The summed E-state index contributed by atoms with van der Waals surface area (Å²) in [5.41, 5.74) is 0.512. The van der Waals surface area contributed by atoms with E-state index in [1.807, 2.05) is 0 Å². The summed E-state index contributed by atoms with van der Waals surface area (Å²) in [7, 11) is -4.42. The summed E-state index contributed by atoms with van der Waals surface area (Å²) in [4.78, 5) is 0. The molecule has 11 heavy (non-hydrogen) atoms. The van der Waals surface area contributed by atoms with Crippen LogP contribution in [0.3, 0.4) is 0 Å². The minimum absolute atomic E-state index is 0.512. The van der Waals surface area contributed by atoms with Crippen LogP contribution in [0.5, 0.6) is 0 Å². The van der Waals surface area contributed by atoms with Crippen molar-refractivity contribution >= 4 is 21.6 Å². The third kappa shape index (κ3) is 2.00. The normalized spacial score (nSPS) is 14.7. The summed E-state index contributed by atoms with van der Waals surface area (Å²) in [6, 6.07) is 1.60. The number of rotatable bonds is 2. The van der Waals surface area contributed by atoms with Crippen LogP contribution in [0.4, 0.5) is 3.89 Å². The van der Waals surface area contributed by atoms with Gasteiger partial charge < -0.3 is 0 Å². The quantitative estimate of drug-likeness (QED) is 0.676. The van der Waals surface area contributed by atoms with E-state index in [0.717, 1.165) is 0 Å². The maximum atomic E-state index is 12.3. The Morgan fingerprint density at radius 1 is 1.64 bits per heavy atom. The molecule has 0 N–H and O–H groups in total. The zero-order valence-corrected chi connectivity index (χ0v) is 7.45. The topological polar surface area (TPSA) is 34.1 Å². The molecule has 1 heterocycles. The molecule has 0 spiro atoms. The molecule has 0 aromatic carbocycles. The van der Waals surface area contributed by atoms with Crippen LogP contribution in [0.15, 0.2) is 16.8 Å². The second-order valence-electron chi connectivity index (χ2n) is 2.17. The molecule has 1 aromatic rings. The molecule has 5 heteroatoms. The third-order valence-corrected chi connectivity index (χ3v) is 3.25. The number of thiophene rings is 1. The maximum Gasteiger partial charge on any atom is 0.309 e. The molecule has 0 aliphatic heterocycles. The van der Waals surface area contributed by atoms with E-state index in [4.69, 9.17) is 0 Å². The van der Waals surface area contributed by atoms with Crippen molar-refractivity contribution in [2.45, 2.75) is 12.2 Å². The van der Waals surface area contributed by atoms with Crippen LogP contribution in [-0.2, 0) is 10.2 Å². The van der Waals surface area contributed by atoms with Crippen LogP contribution in [0.2, 0.25) is 0 Å². The van der Waals surface area contributed by atoms with Crippen LogP contribution in [-0.4, -0.2) is 8.42 Å². The smallest absolute Gasteiger partial charge is 0.194 e. The van der Waals surface area contributed by atoms with E-state index in [2.05, 4.69) is 0 Å². The number of halogens is 1. The Morgan fingerprint density at radius 3 is 2.64 bits per heavy atom. The summed E-state index contributed by atoms with van der Waals surface area (Å²) in [5, 5.41) is 2.31. The van der Waals surface area contributed by atoms with E-state index in [0.29, 0.717) is 5.56 Å². The van der Waals surface area contributed by atoms with Crippen molar-refractivity contribution in [1.82, 2.24) is 0 Å². The van der Waals surface area contributed by atoms with E-state index >= 15 is 0 Å². The van der Waals surface area contributed by atoms with Crippen molar-refractivity contribution in [2.75, 3.05) is 0 Å². The average Bonchev–Trinajstić information content (AvgIpc) is 2.34. The van der Waals surface area contributed by atoms with Gasteiger partial charge in [0.05, 0.1) is 0 Å². The van der Waals surface area contributed by atoms with Crippen molar-refractivity contribution in [3.05, 3.63) is 22.4 Å². The molecule has 0 aliphatic rings. The SMILES string of the molecule is CC(c1ccsc1)S(=O)(=O)F. The lowest BCUT2D eigenvalue weighted by Gasteiger charge is -2.01. The average molecular weight is 194 g/mol.